The van der Waals surface area contributed by atoms with Crippen molar-refractivity contribution in [1.82, 2.24) is 4.31 Å². The number of anilines is 2. The second-order valence-electron chi connectivity index (χ2n) is 6.57. The molecule has 2 aromatic rings. The number of piperidine rings is 1. The molecule has 156 valence electrons. The number of benzene rings is 2. The van der Waals surface area contributed by atoms with Crippen LogP contribution in [0.1, 0.15) is 24.3 Å². The zero-order valence-electron chi connectivity index (χ0n) is 15.0. The summed E-state index contributed by atoms with van der Waals surface area (Å²) < 4.78 is 37.9. The Kier molecular flexibility index (Phi) is 6.52. The number of thiol groups is 1. The second kappa shape index (κ2) is 8.74. The summed E-state index contributed by atoms with van der Waals surface area (Å²) in [5.41, 5.74) is 5.71. The van der Waals surface area contributed by atoms with Crippen molar-refractivity contribution in [3.05, 3.63) is 51.8 Å². The highest BCUT2D eigenvalue weighted by Gasteiger charge is 2.30. The number of carbonyl (C=O) groups is 1. The zero-order valence-corrected chi connectivity index (χ0v) is 17.4. The molecule has 1 saturated heterocycles. The molecule has 0 saturated carbocycles. The molecule has 1 aliphatic heterocycles. The zero-order chi connectivity index (χ0) is 21.3. The van der Waals surface area contributed by atoms with Gasteiger partial charge in [-0.1, -0.05) is 29.3 Å². The van der Waals surface area contributed by atoms with Gasteiger partial charge in [-0.2, -0.15) is 0 Å². The van der Waals surface area contributed by atoms with Gasteiger partial charge in [0.2, 0.25) is 10.9 Å². The molecule has 1 aliphatic rings. The Morgan fingerprint density at radius 3 is 2.62 bits per heavy atom. The van der Waals surface area contributed by atoms with E-state index in [-0.39, 0.29) is 39.6 Å². The summed E-state index contributed by atoms with van der Waals surface area (Å²) in [6.45, 7) is 0.534. The van der Waals surface area contributed by atoms with Crippen LogP contribution in [0.5, 0.6) is 5.75 Å². The van der Waals surface area contributed by atoms with Crippen molar-refractivity contribution in [3.63, 3.8) is 0 Å². The minimum absolute atomic E-state index is 0.0342. The molecule has 2 amide bonds. The third-order valence-corrected chi connectivity index (χ3v) is 6.34. The van der Waals surface area contributed by atoms with Gasteiger partial charge in [0.25, 0.3) is 0 Å². The molecule has 29 heavy (non-hydrogen) atoms. The molecular formula is C18H18Cl2FN3O4S. The van der Waals surface area contributed by atoms with Gasteiger partial charge in [0.1, 0.15) is 16.6 Å². The summed E-state index contributed by atoms with van der Waals surface area (Å²) in [6.07, 6.45) is 1.18. The van der Waals surface area contributed by atoms with Crippen LogP contribution in [-0.4, -0.2) is 37.0 Å². The first-order valence-corrected chi connectivity index (χ1v) is 10.5. The predicted molar refractivity (Wildman–Crippen MR) is 110 cm³/mol. The lowest BCUT2D eigenvalue weighted by Crippen LogP contribution is -2.34. The van der Waals surface area contributed by atoms with Crippen LogP contribution in [0.25, 0.3) is 0 Å². The number of hydrogen-bond acceptors (Lipinski definition) is 4. The molecule has 11 heteroatoms. The summed E-state index contributed by atoms with van der Waals surface area (Å²) in [5.74, 6) is -1.49. The van der Waals surface area contributed by atoms with Crippen molar-refractivity contribution in [2.45, 2.75) is 18.8 Å². The number of phenols is 1. The summed E-state index contributed by atoms with van der Waals surface area (Å²) in [4.78, 5) is 13.0. The summed E-state index contributed by atoms with van der Waals surface area (Å²) >= 11 is 12.3. The molecule has 3 rings (SSSR count). The third-order valence-electron chi connectivity index (χ3n) is 4.82. The van der Waals surface area contributed by atoms with Crippen molar-refractivity contribution < 1.29 is 22.7 Å². The number of hydrogen-bond donors (Lipinski definition) is 3. The fraction of sp³-hybridized carbons (Fsp3) is 0.278. The molecule has 1 unspecified atom stereocenters. The fourth-order valence-electron chi connectivity index (χ4n) is 3.51. The van der Waals surface area contributed by atoms with Crippen LogP contribution in [0.4, 0.5) is 20.6 Å². The molecule has 0 spiro atoms. The maximum Gasteiger partial charge on any atom is 0.324 e. The number of nitrogens with two attached hydrogens (primary N) is 1. The Balaban J connectivity index is 2.12. The van der Waals surface area contributed by atoms with Crippen LogP contribution in [0, 0.1) is 5.82 Å². The fourth-order valence-corrected chi connectivity index (χ4v) is 4.67. The topological polar surface area (TPSA) is 104 Å². The molecule has 1 atom stereocenters. The van der Waals surface area contributed by atoms with E-state index in [1.54, 1.807) is 0 Å². The first kappa shape index (κ1) is 21.6. The van der Waals surface area contributed by atoms with Crippen molar-refractivity contribution >= 4 is 51.5 Å². The average Bonchev–Trinajstić information content (AvgIpc) is 2.67. The van der Waals surface area contributed by atoms with E-state index >= 15 is 0 Å². The van der Waals surface area contributed by atoms with E-state index in [0.29, 0.717) is 24.9 Å². The van der Waals surface area contributed by atoms with Crippen LogP contribution in [0.2, 0.25) is 10.0 Å². The highest BCUT2D eigenvalue weighted by Crippen LogP contribution is 2.45. The molecular weight excluding hydrogens is 444 g/mol. The highest BCUT2D eigenvalue weighted by atomic mass is 35.5. The van der Waals surface area contributed by atoms with Gasteiger partial charge in [-0.25, -0.2) is 21.9 Å². The molecule has 2 aromatic carbocycles. The summed E-state index contributed by atoms with van der Waals surface area (Å²) in [5, 5.41) is 10.8. The van der Waals surface area contributed by atoms with Crippen LogP contribution in [0.3, 0.4) is 0 Å². The Labute approximate surface area is 178 Å². The maximum atomic E-state index is 13.9. The SMILES string of the molecule is NC(=O)N(c1ccc(Cl)c(C2CCCN([SH](=O)=O)C2)c1O)c1cccc(F)c1Cl. The lowest BCUT2D eigenvalue weighted by Gasteiger charge is -2.31. The van der Waals surface area contributed by atoms with Crippen LogP contribution in [-0.2, 0) is 10.9 Å². The molecule has 0 aromatic heterocycles. The van der Waals surface area contributed by atoms with E-state index in [2.05, 4.69) is 0 Å². The lowest BCUT2D eigenvalue weighted by atomic mass is 9.90. The van der Waals surface area contributed by atoms with E-state index in [1.807, 2.05) is 0 Å². The van der Waals surface area contributed by atoms with Gasteiger partial charge in [-0.15, -0.1) is 0 Å². The molecule has 0 aliphatic carbocycles. The second-order valence-corrected chi connectivity index (χ2v) is 8.39. The minimum Gasteiger partial charge on any atom is -0.505 e. The number of amides is 2. The Morgan fingerprint density at radius 1 is 1.24 bits per heavy atom. The molecule has 0 radical (unpaired) electrons. The van der Waals surface area contributed by atoms with Crippen molar-refractivity contribution in [2.24, 2.45) is 5.73 Å². The number of urea groups is 1. The molecule has 3 N–H and O–H groups in total. The minimum atomic E-state index is -2.76. The quantitative estimate of drug-likeness (QED) is 0.602. The number of primary amides is 1. The largest absolute Gasteiger partial charge is 0.505 e. The standard InChI is InChI=1S/C18H18Cl2FN3O4S/c19-11-6-7-14(24(18(22)26)13-5-1-4-12(21)16(13)20)17(25)15(11)10-3-2-8-23(9-10)29(27)28/h1,4-7,10,25,29H,2-3,8-9H2,(H2,22,26). The Bertz CT molecular complexity index is 1030. The van der Waals surface area contributed by atoms with Crippen molar-refractivity contribution in [3.8, 4) is 5.75 Å². The highest BCUT2D eigenvalue weighted by molar-refractivity contribution is 7.69. The monoisotopic (exact) mass is 461 g/mol. The Hall–Kier alpha value is -2.07. The molecule has 0 bridgehead atoms. The molecule has 7 nitrogen and oxygen atoms in total. The number of phenolic OH excluding ortho intramolecular Hbond substituents is 1. The smallest absolute Gasteiger partial charge is 0.324 e. The van der Waals surface area contributed by atoms with Gasteiger partial charge in [0.15, 0.2) is 0 Å². The average molecular weight is 462 g/mol. The van der Waals surface area contributed by atoms with Gasteiger partial charge < -0.3 is 10.8 Å². The van der Waals surface area contributed by atoms with Gasteiger partial charge in [-0.3, -0.25) is 4.90 Å². The molecule has 1 fully saturated rings. The summed E-state index contributed by atoms with van der Waals surface area (Å²) in [7, 11) is -2.76. The first-order chi connectivity index (χ1) is 13.7. The lowest BCUT2D eigenvalue weighted by molar-refractivity contribution is 0.256. The van der Waals surface area contributed by atoms with Gasteiger partial charge in [-0.05, 0) is 37.1 Å². The number of aromatic hydroxyl groups is 1. The van der Waals surface area contributed by atoms with E-state index < -0.39 is 22.7 Å². The normalized spacial score (nSPS) is 17.4. The first-order valence-electron chi connectivity index (χ1n) is 8.66. The number of rotatable bonds is 4. The van der Waals surface area contributed by atoms with Gasteiger partial charge in [0, 0.05) is 29.6 Å². The maximum absolute atomic E-state index is 13.9. The van der Waals surface area contributed by atoms with Gasteiger partial charge >= 0.3 is 6.03 Å². The van der Waals surface area contributed by atoms with E-state index in [0.717, 1.165) is 11.0 Å². The summed E-state index contributed by atoms with van der Waals surface area (Å²) in [6, 6.07) is 5.69. The number of carbonyl (C=O) groups excluding carboxylic acids is 1. The third kappa shape index (κ3) is 4.28. The van der Waals surface area contributed by atoms with Crippen molar-refractivity contribution in [1.29, 1.82) is 0 Å². The van der Waals surface area contributed by atoms with E-state index in [4.69, 9.17) is 28.9 Å². The molecule has 1 heterocycles. The van der Waals surface area contributed by atoms with E-state index in [1.165, 1.54) is 28.6 Å². The number of halogens is 3. The van der Waals surface area contributed by atoms with Crippen LogP contribution in [0.15, 0.2) is 30.3 Å². The van der Waals surface area contributed by atoms with Crippen LogP contribution >= 0.6 is 23.2 Å². The predicted octanol–water partition coefficient (Wildman–Crippen LogP) is 3.76. The van der Waals surface area contributed by atoms with Gasteiger partial charge in [0.05, 0.1) is 11.4 Å². The Morgan fingerprint density at radius 2 is 1.97 bits per heavy atom. The van der Waals surface area contributed by atoms with Crippen LogP contribution < -0.4 is 10.6 Å². The van der Waals surface area contributed by atoms with Crippen molar-refractivity contribution in [2.75, 3.05) is 18.0 Å². The number of nitrogens with zero attached hydrogens (tertiary/aromatic N) is 2. The van der Waals surface area contributed by atoms with E-state index in [9.17, 15) is 22.7 Å².